The number of alkyl halides is 3. The first kappa shape index (κ1) is 21.5. The van der Waals surface area contributed by atoms with Gasteiger partial charge in [0.05, 0.1) is 11.5 Å². The van der Waals surface area contributed by atoms with Crippen molar-refractivity contribution in [2.75, 3.05) is 20.2 Å². The van der Waals surface area contributed by atoms with E-state index in [1.54, 1.807) is 20.8 Å². The zero-order valence-electron chi connectivity index (χ0n) is 14.9. The van der Waals surface area contributed by atoms with Crippen LogP contribution in [0, 0.1) is 10.1 Å². The van der Waals surface area contributed by atoms with Gasteiger partial charge >= 0.3 is 12.3 Å². The summed E-state index contributed by atoms with van der Waals surface area (Å²) < 4.78 is 49.3. The molecule has 1 rings (SSSR count). The van der Waals surface area contributed by atoms with Crippen LogP contribution in [0.3, 0.4) is 0 Å². The second-order valence-electron chi connectivity index (χ2n) is 6.54. The maximum Gasteiger partial charge on any atom is 0.420 e. The zero-order chi connectivity index (χ0) is 20.1. The van der Waals surface area contributed by atoms with Crippen LogP contribution in [-0.2, 0) is 10.9 Å². The van der Waals surface area contributed by atoms with Crippen LogP contribution in [0.4, 0.5) is 23.7 Å². The fourth-order valence-electron chi connectivity index (χ4n) is 1.89. The summed E-state index contributed by atoms with van der Waals surface area (Å²) in [7, 11) is 1.50. The van der Waals surface area contributed by atoms with Gasteiger partial charge in [0.1, 0.15) is 16.9 Å². The van der Waals surface area contributed by atoms with Crippen molar-refractivity contribution in [3.63, 3.8) is 0 Å². The molecule has 7 nitrogen and oxygen atoms in total. The first-order chi connectivity index (χ1) is 11.8. The van der Waals surface area contributed by atoms with Crippen LogP contribution < -0.4 is 4.74 Å². The first-order valence-electron chi connectivity index (χ1n) is 7.74. The third-order valence-electron chi connectivity index (χ3n) is 3.08. The van der Waals surface area contributed by atoms with Crippen molar-refractivity contribution in [1.82, 2.24) is 4.90 Å². The number of benzene rings is 1. The lowest BCUT2D eigenvalue weighted by Gasteiger charge is -2.24. The summed E-state index contributed by atoms with van der Waals surface area (Å²) in [6.45, 7) is 5.26. The molecule has 26 heavy (non-hydrogen) atoms. The number of rotatable bonds is 6. The number of nitro benzene ring substituents is 1. The molecule has 10 heteroatoms. The standard InChI is InChI=1S/C16H21F3N2O5/c1-15(2,3)26-14(22)20(4)8-5-9-25-13-7-6-11(21(23)24)10-12(13)16(17,18)19/h6-7,10H,5,8-9H2,1-4H3. The quantitative estimate of drug-likeness (QED) is 0.420. The zero-order valence-corrected chi connectivity index (χ0v) is 14.9. The smallest absolute Gasteiger partial charge is 0.420 e. The molecule has 0 saturated heterocycles. The van der Waals surface area contributed by atoms with Crippen molar-refractivity contribution in [3.05, 3.63) is 33.9 Å². The van der Waals surface area contributed by atoms with Crippen LogP contribution >= 0.6 is 0 Å². The summed E-state index contributed by atoms with van der Waals surface area (Å²) in [5, 5.41) is 10.6. The molecule has 0 unspecified atom stereocenters. The SMILES string of the molecule is CN(CCCOc1ccc([N+](=O)[O-])cc1C(F)(F)F)C(=O)OC(C)(C)C. The highest BCUT2D eigenvalue weighted by molar-refractivity contribution is 5.67. The average molecular weight is 378 g/mol. The number of carbonyl (C=O) groups is 1. The number of amides is 1. The maximum absolute atomic E-state index is 13.0. The molecular formula is C16H21F3N2O5. The molecule has 0 aliphatic carbocycles. The maximum atomic E-state index is 13.0. The fraction of sp³-hybridized carbons (Fsp3) is 0.562. The van der Waals surface area contributed by atoms with Gasteiger partial charge in [0.25, 0.3) is 5.69 Å². The predicted octanol–water partition coefficient (Wildman–Crippen LogP) is 4.25. The summed E-state index contributed by atoms with van der Waals surface area (Å²) in [5.41, 5.74) is -2.54. The second kappa shape index (κ2) is 8.24. The summed E-state index contributed by atoms with van der Waals surface area (Å²) >= 11 is 0. The van der Waals surface area contributed by atoms with E-state index < -0.39 is 39.8 Å². The monoisotopic (exact) mass is 378 g/mol. The Kier molecular flexibility index (Phi) is 6.82. The molecule has 0 saturated carbocycles. The minimum absolute atomic E-state index is 0.103. The lowest BCUT2D eigenvalue weighted by molar-refractivity contribution is -0.385. The highest BCUT2D eigenvalue weighted by atomic mass is 19.4. The summed E-state index contributed by atoms with van der Waals surface area (Å²) in [6, 6.07) is 2.29. The molecule has 0 bridgehead atoms. The normalized spacial score (nSPS) is 11.8. The topological polar surface area (TPSA) is 81.9 Å². The summed E-state index contributed by atoms with van der Waals surface area (Å²) in [6.07, 6.45) is -5.08. The molecule has 0 aromatic heterocycles. The Morgan fingerprint density at radius 3 is 2.38 bits per heavy atom. The summed E-state index contributed by atoms with van der Waals surface area (Å²) in [4.78, 5) is 22.8. The molecule has 0 fully saturated rings. The molecule has 0 radical (unpaired) electrons. The Balaban J connectivity index is 2.65. The van der Waals surface area contributed by atoms with E-state index in [1.165, 1.54) is 11.9 Å². The van der Waals surface area contributed by atoms with Gasteiger partial charge in [-0.05, 0) is 33.3 Å². The lowest BCUT2D eigenvalue weighted by atomic mass is 10.1. The Morgan fingerprint density at radius 1 is 1.27 bits per heavy atom. The molecule has 1 aromatic rings. The van der Waals surface area contributed by atoms with Crippen LogP contribution in [0.5, 0.6) is 5.75 Å². The van der Waals surface area contributed by atoms with E-state index in [0.29, 0.717) is 6.07 Å². The third kappa shape index (κ3) is 6.77. The van der Waals surface area contributed by atoms with Gasteiger partial charge in [-0.1, -0.05) is 0 Å². The summed E-state index contributed by atoms with van der Waals surface area (Å²) in [5.74, 6) is -0.497. The van der Waals surface area contributed by atoms with Gasteiger partial charge in [-0.15, -0.1) is 0 Å². The highest BCUT2D eigenvalue weighted by Crippen LogP contribution is 2.38. The van der Waals surface area contributed by atoms with Crippen LogP contribution in [0.1, 0.15) is 32.8 Å². The first-order valence-corrected chi connectivity index (χ1v) is 7.74. The number of ether oxygens (including phenoxy) is 2. The number of hydrogen-bond acceptors (Lipinski definition) is 5. The molecule has 0 N–H and O–H groups in total. The average Bonchev–Trinajstić information content (AvgIpc) is 2.48. The van der Waals surface area contributed by atoms with Gasteiger partial charge < -0.3 is 14.4 Å². The van der Waals surface area contributed by atoms with Crippen molar-refractivity contribution < 1.29 is 32.4 Å². The van der Waals surface area contributed by atoms with Gasteiger partial charge in [-0.2, -0.15) is 13.2 Å². The van der Waals surface area contributed by atoms with E-state index in [0.717, 1.165) is 12.1 Å². The molecule has 0 aliphatic rings. The van der Waals surface area contributed by atoms with Crippen molar-refractivity contribution in [3.8, 4) is 5.75 Å². The van der Waals surface area contributed by atoms with Gasteiger partial charge in [0.15, 0.2) is 0 Å². The fourth-order valence-corrected chi connectivity index (χ4v) is 1.89. The van der Waals surface area contributed by atoms with Crippen molar-refractivity contribution in [1.29, 1.82) is 0 Å². The van der Waals surface area contributed by atoms with Crippen LogP contribution in [0.15, 0.2) is 18.2 Å². The van der Waals surface area contributed by atoms with Gasteiger partial charge in [-0.25, -0.2) is 4.79 Å². The molecule has 0 heterocycles. The Labute approximate surface area is 148 Å². The molecule has 0 spiro atoms. The minimum atomic E-state index is -4.78. The van der Waals surface area contributed by atoms with E-state index >= 15 is 0 Å². The lowest BCUT2D eigenvalue weighted by Crippen LogP contribution is -2.35. The second-order valence-corrected chi connectivity index (χ2v) is 6.54. The highest BCUT2D eigenvalue weighted by Gasteiger charge is 2.36. The molecule has 1 amide bonds. The van der Waals surface area contributed by atoms with Gasteiger partial charge in [0.2, 0.25) is 0 Å². The third-order valence-corrected chi connectivity index (χ3v) is 3.08. The van der Waals surface area contributed by atoms with E-state index in [9.17, 15) is 28.1 Å². The van der Waals surface area contributed by atoms with E-state index in [-0.39, 0.29) is 19.6 Å². The Morgan fingerprint density at radius 2 is 1.88 bits per heavy atom. The Bertz CT molecular complexity index is 656. The minimum Gasteiger partial charge on any atom is -0.493 e. The van der Waals surface area contributed by atoms with E-state index in [4.69, 9.17) is 9.47 Å². The number of carbonyl (C=O) groups excluding carboxylic acids is 1. The number of nitro groups is 1. The van der Waals surface area contributed by atoms with Crippen molar-refractivity contribution in [2.24, 2.45) is 0 Å². The number of nitrogens with zero attached hydrogens (tertiary/aromatic N) is 2. The van der Waals surface area contributed by atoms with Crippen LogP contribution in [0.25, 0.3) is 0 Å². The van der Waals surface area contributed by atoms with Gasteiger partial charge in [0, 0.05) is 25.7 Å². The van der Waals surface area contributed by atoms with E-state index in [1.807, 2.05) is 0 Å². The predicted molar refractivity (Wildman–Crippen MR) is 87.1 cm³/mol. The number of non-ortho nitro benzene ring substituents is 1. The van der Waals surface area contributed by atoms with Crippen LogP contribution in [0.2, 0.25) is 0 Å². The van der Waals surface area contributed by atoms with Crippen molar-refractivity contribution >= 4 is 11.8 Å². The molecule has 0 atom stereocenters. The Hall–Kier alpha value is -2.52. The van der Waals surface area contributed by atoms with Crippen molar-refractivity contribution in [2.45, 2.75) is 39.0 Å². The largest absolute Gasteiger partial charge is 0.493 e. The molecule has 146 valence electrons. The molecular weight excluding hydrogens is 357 g/mol. The van der Waals surface area contributed by atoms with E-state index in [2.05, 4.69) is 0 Å². The van der Waals surface area contributed by atoms with Gasteiger partial charge in [-0.3, -0.25) is 10.1 Å². The molecule has 1 aromatic carbocycles. The number of halogens is 3. The number of hydrogen-bond donors (Lipinski definition) is 0. The molecule has 0 aliphatic heterocycles. The van der Waals surface area contributed by atoms with Crippen LogP contribution in [-0.4, -0.2) is 41.7 Å².